The number of thioether (sulfide) groups is 1. The van der Waals surface area contributed by atoms with Gasteiger partial charge in [0, 0.05) is 23.3 Å². The lowest BCUT2D eigenvalue weighted by atomic mass is 10.0. The molecule has 0 spiro atoms. The van der Waals surface area contributed by atoms with Crippen LogP contribution >= 0.6 is 23.1 Å². The van der Waals surface area contributed by atoms with E-state index >= 15 is 0 Å². The smallest absolute Gasteiger partial charge is 0.352 e. The number of amides is 2. The number of nitrogens with one attached hydrogen (secondary N) is 2. The second kappa shape index (κ2) is 11.6. The first kappa shape index (κ1) is 26.3. The first-order chi connectivity index (χ1) is 17.8. The Morgan fingerprint density at radius 1 is 1.41 bits per heavy atom. The monoisotopic (exact) mass is 547 g/mol. The zero-order valence-corrected chi connectivity index (χ0v) is 21.8. The van der Waals surface area contributed by atoms with E-state index in [9.17, 15) is 19.5 Å². The number of rotatable bonds is 11. The van der Waals surface area contributed by atoms with Crippen molar-refractivity contribution in [2.75, 3.05) is 30.0 Å². The van der Waals surface area contributed by atoms with Gasteiger partial charge in [-0.15, -0.1) is 23.1 Å². The Labute approximate surface area is 220 Å². The van der Waals surface area contributed by atoms with Gasteiger partial charge in [-0.05, 0) is 13.3 Å². The van der Waals surface area contributed by atoms with Crippen LogP contribution < -0.4 is 20.9 Å². The van der Waals surface area contributed by atoms with Gasteiger partial charge in [-0.3, -0.25) is 14.5 Å². The number of carbonyl (C=O) groups is 3. The van der Waals surface area contributed by atoms with Crippen LogP contribution in [-0.4, -0.2) is 73.8 Å². The van der Waals surface area contributed by atoms with Crippen LogP contribution in [0.2, 0.25) is 0 Å². The zero-order chi connectivity index (χ0) is 26.5. The summed E-state index contributed by atoms with van der Waals surface area (Å²) in [6.07, 6.45) is 5.82. The van der Waals surface area contributed by atoms with Crippen LogP contribution in [0.25, 0.3) is 0 Å². The standard InChI is InChI=1S/C22H26N8O5S2/c1-3-7-35-28-15(13-11-37-22(23)26-13)18(31)27-16-19(32)30-17(21(33)34)12(10-36-20(16)30)8-29-6-5-25-14(9-29)24-4-2/h5-6,9,11,16,20H,3-4,7-8,10H2,1-2H3,(H4-,23,24,25,26,27,31,33,34)/p+1/b28-15-/t16?,20-/m1/s1. The van der Waals surface area contributed by atoms with E-state index < -0.39 is 29.2 Å². The second-order valence-electron chi connectivity index (χ2n) is 8.11. The number of oxime groups is 1. The Kier molecular flexibility index (Phi) is 8.23. The van der Waals surface area contributed by atoms with E-state index in [1.54, 1.807) is 24.0 Å². The molecule has 0 aliphatic carbocycles. The maximum atomic E-state index is 13.1. The van der Waals surface area contributed by atoms with Gasteiger partial charge in [-0.2, -0.15) is 4.57 Å². The molecule has 0 saturated carbocycles. The summed E-state index contributed by atoms with van der Waals surface area (Å²) >= 11 is 2.53. The second-order valence-corrected chi connectivity index (χ2v) is 10.1. The summed E-state index contributed by atoms with van der Waals surface area (Å²) in [5, 5.41) is 20.9. The minimum absolute atomic E-state index is 0.0685. The van der Waals surface area contributed by atoms with Crippen molar-refractivity contribution in [3.05, 3.63) is 40.9 Å². The van der Waals surface area contributed by atoms with Crippen molar-refractivity contribution in [3.63, 3.8) is 0 Å². The van der Waals surface area contributed by atoms with Gasteiger partial charge in [-0.1, -0.05) is 12.1 Å². The Morgan fingerprint density at radius 2 is 2.22 bits per heavy atom. The molecule has 2 aliphatic rings. The van der Waals surface area contributed by atoms with Crippen molar-refractivity contribution in [3.8, 4) is 0 Å². The van der Waals surface area contributed by atoms with Crippen molar-refractivity contribution in [2.45, 2.75) is 38.2 Å². The highest BCUT2D eigenvalue weighted by Gasteiger charge is 2.54. The molecule has 4 heterocycles. The Hall–Kier alpha value is -3.72. The average Bonchev–Trinajstić information content (AvgIpc) is 3.30. The normalized spacial score (nSPS) is 19.2. The molecule has 2 atom stereocenters. The first-order valence-electron chi connectivity index (χ1n) is 11.5. The van der Waals surface area contributed by atoms with E-state index in [0.29, 0.717) is 36.7 Å². The van der Waals surface area contributed by atoms with Crippen molar-refractivity contribution in [1.29, 1.82) is 0 Å². The summed E-state index contributed by atoms with van der Waals surface area (Å²) in [4.78, 5) is 53.1. The van der Waals surface area contributed by atoms with Crippen LogP contribution in [0.3, 0.4) is 0 Å². The molecule has 2 amide bonds. The fourth-order valence-corrected chi connectivity index (χ4v) is 5.72. The molecular weight excluding hydrogens is 520 g/mol. The molecular formula is C22H27N8O5S2+. The highest BCUT2D eigenvalue weighted by molar-refractivity contribution is 8.00. The van der Waals surface area contributed by atoms with Crippen LogP contribution in [0.15, 0.2) is 40.4 Å². The van der Waals surface area contributed by atoms with Crippen LogP contribution in [0, 0.1) is 0 Å². The lowest BCUT2D eigenvalue weighted by Crippen LogP contribution is -2.71. The minimum Gasteiger partial charge on any atom is -0.477 e. The number of thiazole rings is 1. The minimum atomic E-state index is -1.20. The number of carbonyl (C=O) groups excluding carboxylic acids is 2. The zero-order valence-electron chi connectivity index (χ0n) is 20.2. The number of β-lactam (4-membered cyclic amide) rings is 1. The predicted molar refractivity (Wildman–Crippen MR) is 138 cm³/mol. The molecule has 37 heavy (non-hydrogen) atoms. The van der Waals surface area contributed by atoms with E-state index in [1.165, 1.54) is 16.7 Å². The number of nitrogens with two attached hydrogens (primary N) is 1. The fourth-order valence-electron chi connectivity index (χ4n) is 3.84. The van der Waals surface area contributed by atoms with E-state index in [4.69, 9.17) is 10.6 Å². The molecule has 0 aromatic carbocycles. The fraction of sp³-hybridized carbons (Fsp3) is 0.409. The molecule has 2 aromatic rings. The van der Waals surface area contributed by atoms with Gasteiger partial charge in [-0.25, -0.2) is 14.8 Å². The van der Waals surface area contributed by atoms with Gasteiger partial charge >= 0.3 is 5.97 Å². The summed E-state index contributed by atoms with van der Waals surface area (Å²) in [5.41, 5.74) is 6.34. The van der Waals surface area contributed by atoms with Gasteiger partial charge in [0.15, 0.2) is 29.4 Å². The molecule has 4 rings (SSSR count). The Bertz CT molecular complexity index is 1260. The van der Waals surface area contributed by atoms with Crippen molar-refractivity contribution in [1.82, 2.24) is 20.2 Å². The lowest BCUT2D eigenvalue weighted by Gasteiger charge is -2.49. The third kappa shape index (κ3) is 5.67. The molecule has 1 fully saturated rings. The third-order valence-corrected chi connectivity index (χ3v) is 7.47. The molecule has 2 aromatic heterocycles. The number of nitrogens with zero attached hydrogens (tertiary/aromatic N) is 5. The molecule has 196 valence electrons. The van der Waals surface area contributed by atoms with E-state index in [0.717, 1.165) is 11.3 Å². The maximum absolute atomic E-state index is 13.1. The van der Waals surface area contributed by atoms with Crippen LogP contribution in [0.1, 0.15) is 26.0 Å². The van der Waals surface area contributed by atoms with E-state index in [-0.39, 0.29) is 28.8 Å². The highest BCUT2D eigenvalue weighted by Crippen LogP contribution is 2.40. The van der Waals surface area contributed by atoms with Gasteiger partial charge in [0.25, 0.3) is 11.8 Å². The number of hydrogen-bond donors (Lipinski definition) is 4. The lowest BCUT2D eigenvalue weighted by molar-refractivity contribution is -0.688. The number of anilines is 2. The quantitative estimate of drug-likeness (QED) is 0.101. The third-order valence-electron chi connectivity index (χ3n) is 5.46. The molecule has 2 aliphatic heterocycles. The number of hydrogen-bond acceptors (Lipinski definition) is 11. The molecule has 1 saturated heterocycles. The van der Waals surface area contributed by atoms with E-state index in [2.05, 4.69) is 25.8 Å². The average molecular weight is 548 g/mol. The summed E-state index contributed by atoms with van der Waals surface area (Å²) < 4.78 is 1.81. The Morgan fingerprint density at radius 3 is 2.89 bits per heavy atom. The van der Waals surface area contributed by atoms with Gasteiger partial charge in [0.1, 0.15) is 29.4 Å². The number of carboxylic acids is 1. The topological polar surface area (TPSA) is 176 Å². The Balaban J connectivity index is 1.52. The highest BCUT2D eigenvalue weighted by atomic mass is 32.2. The molecule has 1 unspecified atom stereocenters. The summed E-state index contributed by atoms with van der Waals surface area (Å²) in [6, 6.07) is -0.922. The molecule has 15 heteroatoms. The van der Waals surface area contributed by atoms with E-state index in [1.807, 2.05) is 18.4 Å². The number of aromatic nitrogens is 3. The van der Waals surface area contributed by atoms with Gasteiger partial charge in [0.2, 0.25) is 6.20 Å². The van der Waals surface area contributed by atoms with Crippen LogP contribution in [0.5, 0.6) is 0 Å². The van der Waals surface area contributed by atoms with Gasteiger partial charge in [0.05, 0.1) is 6.20 Å². The SMILES string of the molecule is CCCO/N=C(\C(=O)NC1C(=O)N2C(C(=O)O)=C(C[n+]3ccnc(NCC)c3)CS[C@H]12)c1csc(N)n1. The van der Waals surface area contributed by atoms with Gasteiger partial charge < -0.3 is 26.3 Å². The number of aliphatic carboxylic acids is 1. The van der Waals surface area contributed by atoms with Crippen LogP contribution in [0.4, 0.5) is 10.9 Å². The molecule has 5 N–H and O–H groups in total. The maximum Gasteiger partial charge on any atom is 0.352 e. The van der Waals surface area contributed by atoms with Crippen molar-refractivity contribution >= 4 is 57.5 Å². The largest absolute Gasteiger partial charge is 0.477 e. The molecule has 13 nitrogen and oxygen atoms in total. The number of nitrogen functional groups attached to an aromatic ring is 1. The summed E-state index contributed by atoms with van der Waals surface area (Å²) in [7, 11) is 0. The summed E-state index contributed by atoms with van der Waals surface area (Å²) in [5.74, 6) is -1.34. The van der Waals surface area contributed by atoms with Crippen LogP contribution in [-0.2, 0) is 25.8 Å². The number of carboxylic acid groups (broad SMARTS) is 1. The predicted octanol–water partition coefficient (Wildman–Crippen LogP) is 0.409. The van der Waals surface area contributed by atoms with Crippen molar-refractivity contribution < 1.29 is 28.9 Å². The molecule has 0 bridgehead atoms. The summed E-state index contributed by atoms with van der Waals surface area (Å²) in [6.45, 7) is 5.12. The first-order valence-corrected chi connectivity index (χ1v) is 13.5. The molecule has 0 radical (unpaired) electrons. The number of fused-ring (bicyclic) bond motifs is 1. The van der Waals surface area contributed by atoms with Crippen molar-refractivity contribution in [2.24, 2.45) is 5.16 Å².